The fraction of sp³-hybridized carbons (Fsp3) is 0.778. The van der Waals surface area contributed by atoms with Gasteiger partial charge in [-0.3, -0.25) is 4.68 Å². The number of nitrogens with zero attached hydrogens (tertiary/aromatic N) is 3. The standard InChI is InChI=1S/C9H18N4/c1-5-7(2)10-6-9-11-8(3)12-13(9)4/h7,10H,5-6H2,1-4H3. The Morgan fingerprint density at radius 1 is 1.54 bits per heavy atom. The van der Waals surface area contributed by atoms with Gasteiger partial charge in [0, 0.05) is 13.1 Å². The highest BCUT2D eigenvalue weighted by Gasteiger charge is 2.04. The molecule has 0 aromatic carbocycles. The van der Waals surface area contributed by atoms with Crippen LogP contribution in [-0.4, -0.2) is 20.8 Å². The zero-order chi connectivity index (χ0) is 9.84. The molecule has 0 saturated carbocycles. The van der Waals surface area contributed by atoms with Crippen molar-refractivity contribution in [1.29, 1.82) is 0 Å². The van der Waals surface area contributed by atoms with Gasteiger partial charge in [-0.15, -0.1) is 0 Å². The Labute approximate surface area is 79.4 Å². The third-order valence-corrected chi connectivity index (χ3v) is 2.18. The first kappa shape index (κ1) is 10.2. The average molecular weight is 182 g/mol. The second-order valence-electron chi connectivity index (χ2n) is 3.39. The lowest BCUT2D eigenvalue weighted by Gasteiger charge is -2.09. The van der Waals surface area contributed by atoms with Crippen molar-refractivity contribution in [2.45, 2.75) is 39.8 Å². The van der Waals surface area contributed by atoms with Crippen molar-refractivity contribution in [1.82, 2.24) is 20.1 Å². The molecule has 0 amide bonds. The smallest absolute Gasteiger partial charge is 0.147 e. The predicted molar refractivity (Wildman–Crippen MR) is 52.3 cm³/mol. The number of aryl methyl sites for hydroxylation is 2. The van der Waals surface area contributed by atoms with E-state index < -0.39 is 0 Å². The van der Waals surface area contributed by atoms with Gasteiger partial charge in [0.25, 0.3) is 0 Å². The summed E-state index contributed by atoms with van der Waals surface area (Å²) in [4.78, 5) is 4.31. The highest BCUT2D eigenvalue weighted by atomic mass is 15.3. The van der Waals surface area contributed by atoms with Crippen molar-refractivity contribution in [2.75, 3.05) is 0 Å². The van der Waals surface area contributed by atoms with Gasteiger partial charge in [0.15, 0.2) is 0 Å². The number of hydrogen-bond donors (Lipinski definition) is 1. The minimum absolute atomic E-state index is 0.539. The normalized spacial score (nSPS) is 13.2. The number of aromatic nitrogens is 3. The Kier molecular flexibility index (Phi) is 3.42. The molecule has 1 atom stereocenters. The van der Waals surface area contributed by atoms with E-state index in [9.17, 15) is 0 Å². The van der Waals surface area contributed by atoms with Crippen LogP contribution in [0.1, 0.15) is 31.9 Å². The van der Waals surface area contributed by atoms with Crippen LogP contribution in [0.3, 0.4) is 0 Å². The molecule has 0 radical (unpaired) electrons. The van der Waals surface area contributed by atoms with Crippen LogP contribution in [0.2, 0.25) is 0 Å². The molecule has 4 nitrogen and oxygen atoms in total. The van der Waals surface area contributed by atoms with Gasteiger partial charge < -0.3 is 5.32 Å². The van der Waals surface area contributed by atoms with Crippen molar-refractivity contribution in [2.24, 2.45) is 7.05 Å². The Morgan fingerprint density at radius 3 is 2.69 bits per heavy atom. The third kappa shape index (κ3) is 2.81. The van der Waals surface area contributed by atoms with Crippen molar-refractivity contribution in [3.05, 3.63) is 11.6 Å². The Hall–Kier alpha value is -0.900. The van der Waals surface area contributed by atoms with Gasteiger partial charge >= 0.3 is 0 Å². The molecule has 0 fully saturated rings. The van der Waals surface area contributed by atoms with Crippen LogP contribution in [-0.2, 0) is 13.6 Å². The Morgan fingerprint density at radius 2 is 2.23 bits per heavy atom. The molecule has 0 saturated heterocycles. The van der Waals surface area contributed by atoms with Crippen LogP contribution in [0.4, 0.5) is 0 Å². The summed E-state index contributed by atoms with van der Waals surface area (Å²) in [6.45, 7) is 7.04. The fourth-order valence-electron chi connectivity index (χ4n) is 1.12. The van der Waals surface area contributed by atoms with Gasteiger partial charge in [-0.2, -0.15) is 5.10 Å². The molecule has 13 heavy (non-hydrogen) atoms. The molecule has 1 aromatic heterocycles. The van der Waals surface area contributed by atoms with Crippen molar-refractivity contribution in [3.8, 4) is 0 Å². The van der Waals surface area contributed by atoms with Crippen LogP contribution in [0.5, 0.6) is 0 Å². The maximum absolute atomic E-state index is 4.31. The van der Waals surface area contributed by atoms with E-state index in [0.717, 1.165) is 24.6 Å². The van der Waals surface area contributed by atoms with Crippen LogP contribution in [0.25, 0.3) is 0 Å². The first-order chi connectivity index (χ1) is 6.13. The SMILES string of the molecule is CCC(C)NCc1nc(C)nn1C. The summed E-state index contributed by atoms with van der Waals surface area (Å²) in [6.07, 6.45) is 1.14. The molecule has 1 aromatic rings. The van der Waals surface area contributed by atoms with E-state index in [-0.39, 0.29) is 0 Å². The molecule has 1 rings (SSSR count). The van der Waals surface area contributed by atoms with Crippen molar-refractivity contribution in [3.63, 3.8) is 0 Å². The molecule has 0 aliphatic rings. The minimum Gasteiger partial charge on any atom is -0.307 e. The molecule has 4 heteroatoms. The summed E-state index contributed by atoms with van der Waals surface area (Å²) in [6, 6.07) is 0.539. The van der Waals surface area contributed by atoms with Gasteiger partial charge in [-0.05, 0) is 20.3 Å². The fourth-order valence-corrected chi connectivity index (χ4v) is 1.12. The summed E-state index contributed by atoms with van der Waals surface area (Å²) in [7, 11) is 1.92. The van der Waals surface area contributed by atoms with Crippen LogP contribution in [0, 0.1) is 6.92 Å². The Bertz CT molecular complexity index is 267. The molecule has 74 valence electrons. The summed E-state index contributed by atoms with van der Waals surface area (Å²) in [5.74, 6) is 1.83. The minimum atomic E-state index is 0.539. The highest BCUT2D eigenvalue weighted by molar-refractivity contribution is 4.90. The Balaban J connectivity index is 2.49. The van der Waals surface area contributed by atoms with E-state index in [1.807, 2.05) is 18.7 Å². The van der Waals surface area contributed by atoms with E-state index in [1.54, 1.807) is 0 Å². The molecule has 0 bridgehead atoms. The molecular weight excluding hydrogens is 164 g/mol. The topological polar surface area (TPSA) is 42.7 Å². The molecule has 0 aliphatic heterocycles. The maximum Gasteiger partial charge on any atom is 0.147 e. The summed E-state index contributed by atoms with van der Waals surface area (Å²) < 4.78 is 1.82. The lowest BCUT2D eigenvalue weighted by Crippen LogP contribution is -2.26. The molecule has 0 spiro atoms. The average Bonchev–Trinajstić information content (AvgIpc) is 2.41. The first-order valence-electron chi connectivity index (χ1n) is 4.73. The summed E-state index contributed by atoms with van der Waals surface area (Å²) in [5, 5.41) is 7.56. The van der Waals surface area contributed by atoms with Crippen molar-refractivity contribution < 1.29 is 0 Å². The number of hydrogen-bond acceptors (Lipinski definition) is 3. The van der Waals surface area contributed by atoms with E-state index in [1.165, 1.54) is 0 Å². The van der Waals surface area contributed by atoms with Gasteiger partial charge in [0.05, 0.1) is 6.54 Å². The van der Waals surface area contributed by atoms with Crippen molar-refractivity contribution >= 4 is 0 Å². The van der Waals surface area contributed by atoms with E-state index in [2.05, 4.69) is 29.2 Å². The van der Waals surface area contributed by atoms with Gasteiger partial charge in [-0.1, -0.05) is 6.92 Å². The third-order valence-electron chi connectivity index (χ3n) is 2.18. The lowest BCUT2D eigenvalue weighted by atomic mass is 10.2. The van der Waals surface area contributed by atoms with Gasteiger partial charge in [-0.25, -0.2) is 4.98 Å². The largest absolute Gasteiger partial charge is 0.307 e. The van der Waals surface area contributed by atoms with Gasteiger partial charge in [0.2, 0.25) is 0 Å². The molecule has 1 N–H and O–H groups in total. The lowest BCUT2D eigenvalue weighted by molar-refractivity contribution is 0.510. The second kappa shape index (κ2) is 4.37. The van der Waals surface area contributed by atoms with Crippen LogP contribution in [0.15, 0.2) is 0 Å². The quantitative estimate of drug-likeness (QED) is 0.755. The van der Waals surface area contributed by atoms with E-state index in [0.29, 0.717) is 6.04 Å². The summed E-state index contributed by atoms with van der Waals surface area (Å²) >= 11 is 0. The molecule has 0 aliphatic carbocycles. The molecule has 1 unspecified atom stereocenters. The zero-order valence-corrected chi connectivity index (χ0v) is 8.83. The van der Waals surface area contributed by atoms with E-state index in [4.69, 9.17) is 0 Å². The van der Waals surface area contributed by atoms with Crippen LogP contribution >= 0.6 is 0 Å². The van der Waals surface area contributed by atoms with Gasteiger partial charge in [0.1, 0.15) is 11.6 Å². The molecule has 1 heterocycles. The monoisotopic (exact) mass is 182 g/mol. The number of nitrogens with one attached hydrogen (secondary N) is 1. The predicted octanol–water partition coefficient (Wildman–Crippen LogP) is 1.01. The first-order valence-corrected chi connectivity index (χ1v) is 4.73. The second-order valence-corrected chi connectivity index (χ2v) is 3.39. The van der Waals surface area contributed by atoms with Crippen LogP contribution < -0.4 is 5.32 Å². The zero-order valence-electron chi connectivity index (χ0n) is 8.83. The van der Waals surface area contributed by atoms with E-state index >= 15 is 0 Å². The maximum atomic E-state index is 4.31. The number of rotatable bonds is 4. The molecular formula is C9H18N4. The summed E-state index contributed by atoms with van der Waals surface area (Å²) in [5.41, 5.74) is 0. The highest BCUT2D eigenvalue weighted by Crippen LogP contribution is 1.96.